The van der Waals surface area contributed by atoms with Gasteiger partial charge >= 0.3 is 0 Å². The van der Waals surface area contributed by atoms with Crippen molar-refractivity contribution in [2.45, 2.75) is 20.4 Å². The molecule has 0 radical (unpaired) electrons. The molecular weight excluding hydrogens is 228 g/mol. The lowest BCUT2D eigenvalue weighted by molar-refractivity contribution is 0.397. The van der Waals surface area contributed by atoms with Crippen LogP contribution in [-0.4, -0.2) is 24.0 Å². The maximum atomic E-state index is 5.42. The van der Waals surface area contributed by atoms with Gasteiger partial charge < -0.3 is 9.47 Å². The summed E-state index contributed by atoms with van der Waals surface area (Å²) in [6.45, 7) is 4.98. The molecule has 4 nitrogen and oxygen atoms in total. The lowest BCUT2D eigenvalue weighted by atomic mass is 10.0. The van der Waals surface area contributed by atoms with Crippen molar-refractivity contribution in [3.05, 3.63) is 30.1 Å². The molecule has 0 N–H and O–H groups in total. The molecule has 1 aromatic carbocycles. The van der Waals surface area contributed by atoms with Gasteiger partial charge in [0.2, 0.25) is 0 Å². The van der Waals surface area contributed by atoms with Crippen LogP contribution in [-0.2, 0) is 6.54 Å². The summed E-state index contributed by atoms with van der Waals surface area (Å²) < 4.78 is 12.8. The Balaban J connectivity index is 2.65. The van der Waals surface area contributed by atoms with E-state index in [9.17, 15) is 0 Å². The van der Waals surface area contributed by atoms with Crippen molar-refractivity contribution < 1.29 is 9.47 Å². The number of aryl methyl sites for hydroxylation is 1. The van der Waals surface area contributed by atoms with Gasteiger partial charge in [-0.1, -0.05) is 6.07 Å². The molecular formula is C14H18N2O2. The zero-order valence-electron chi connectivity index (χ0n) is 11.2. The normalized spacial score (nSPS) is 10.4. The summed E-state index contributed by atoms with van der Waals surface area (Å²) in [4.78, 5) is 0. The van der Waals surface area contributed by atoms with E-state index < -0.39 is 0 Å². The lowest BCUT2D eigenvalue weighted by Gasteiger charge is -2.12. The average Bonchev–Trinajstić information content (AvgIpc) is 2.78. The molecule has 0 fully saturated rings. The van der Waals surface area contributed by atoms with Gasteiger partial charge in [0.1, 0.15) is 11.5 Å². The molecule has 2 aromatic rings. The van der Waals surface area contributed by atoms with Crippen molar-refractivity contribution in [3.63, 3.8) is 0 Å². The lowest BCUT2D eigenvalue weighted by Crippen LogP contribution is -1.99. The molecule has 2 rings (SSSR count). The second-order valence-corrected chi connectivity index (χ2v) is 4.00. The predicted octanol–water partition coefficient (Wildman–Crippen LogP) is 2.90. The van der Waals surface area contributed by atoms with Crippen molar-refractivity contribution >= 4 is 0 Å². The van der Waals surface area contributed by atoms with Gasteiger partial charge in [0.05, 0.1) is 26.0 Å². The van der Waals surface area contributed by atoms with Gasteiger partial charge in [0.25, 0.3) is 0 Å². The zero-order chi connectivity index (χ0) is 13.1. The molecule has 96 valence electrons. The molecule has 0 bridgehead atoms. The Bertz CT molecular complexity index is 524. The summed E-state index contributed by atoms with van der Waals surface area (Å²) in [5.41, 5.74) is 3.12. The minimum Gasteiger partial charge on any atom is -0.496 e. The van der Waals surface area contributed by atoms with E-state index in [4.69, 9.17) is 9.47 Å². The fourth-order valence-corrected chi connectivity index (χ4v) is 2.13. The number of aromatic nitrogens is 2. The molecule has 0 aliphatic carbocycles. The maximum absolute atomic E-state index is 5.42. The van der Waals surface area contributed by atoms with E-state index >= 15 is 0 Å². The summed E-state index contributed by atoms with van der Waals surface area (Å²) in [7, 11) is 3.33. The van der Waals surface area contributed by atoms with E-state index in [1.807, 2.05) is 29.1 Å². The van der Waals surface area contributed by atoms with Gasteiger partial charge in [0.15, 0.2) is 0 Å². The Morgan fingerprint density at radius 2 is 1.78 bits per heavy atom. The Morgan fingerprint density at radius 1 is 1.17 bits per heavy atom. The number of ether oxygens (including phenoxy) is 2. The summed E-state index contributed by atoms with van der Waals surface area (Å²) in [5.74, 6) is 1.60. The van der Waals surface area contributed by atoms with Gasteiger partial charge in [0, 0.05) is 17.8 Å². The summed E-state index contributed by atoms with van der Waals surface area (Å²) in [6, 6.07) is 5.78. The number of benzene rings is 1. The molecule has 0 unspecified atom stereocenters. The highest BCUT2D eigenvalue weighted by atomic mass is 16.5. The summed E-state index contributed by atoms with van der Waals surface area (Å²) in [5, 5.41) is 4.37. The van der Waals surface area contributed by atoms with Crippen LogP contribution in [0.5, 0.6) is 11.5 Å². The number of methoxy groups -OCH3 is 2. The topological polar surface area (TPSA) is 36.3 Å². The highest BCUT2D eigenvalue weighted by Gasteiger charge is 2.16. The van der Waals surface area contributed by atoms with Gasteiger partial charge in [-0.2, -0.15) is 5.10 Å². The van der Waals surface area contributed by atoms with Crippen LogP contribution in [0.15, 0.2) is 24.4 Å². The fourth-order valence-electron chi connectivity index (χ4n) is 2.13. The quantitative estimate of drug-likeness (QED) is 0.832. The van der Waals surface area contributed by atoms with Gasteiger partial charge in [-0.3, -0.25) is 4.68 Å². The SMILES string of the molecule is CCn1ncc(-c2c(OC)cccc2OC)c1C. The fraction of sp³-hybridized carbons (Fsp3) is 0.357. The third kappa shape index (κ3) is 1.94. The minimum atomic E-state index is 0.799. The van der Waals surface area contributed by atoms with Crippen LogP contribution in [0.4, 0.5) is 0 Å². The molecule has 0 saturated carbocycles. The Kier molecular flexibility index (Phi) is 3.55. The molecule has 4 heteroatoms. The second kappa shape index (κ2) is 5.12. The van der Waals surface area contributed by atoms with Gasteiger partial charge in [-0.15, -0.1) is 0 Å². The van der Waals surface area contributed by atoms with Crippen LogP contribution in [0, 0.1) is 6.92 Å². The van der Waals surface area contributed by atoms with E-state index in [1.54, 1.807) is 14.2 Å². The highest BCUT2D eigenvalue weighted by Crippen LogP contribution is 2.39. The Hall–Kier alpha value is -1.97. The van der Waals surface area contributed by atoms with Crippen molar-refractivity contribution in [2.24, 2.45) is 0 Å². The molecule has 0 spiro atoms. The molecule has 18 heavy (non-hydrogen) atoms. The van der Waals surface area contributed by atoms with Crippen LogP contribution in [0.25, 0.3) is 11.1 Å². The third-order valence-corrected chi connectivity index (χ3v) is 3.10. The number of nitrogens with zero attached hydrogens (tertiary/aromatic N) is 2. The smallest absolute Gasteiger partial charge is 0.130 e. The van der Waals surface area contributed by atoms with E-state index in [0.717, 1.165) is 34.9 Å². The monoisotopic (exact) mass is 246 g/mol. The number of rotatable bonds is 4. The first-order valence-corrected chi connectivity index (χ1v) is 5.96. The molecule has 0 atom stereocenters. The standard InChI is InChI=1S/C14H18N2O2/c1-5-16-10(2)11(9-15-16)14-12(17-3)7-6-8-13(14)18-4/h6-9H,5H2,1-4H3. The number of hydrogen-bond donors (Lipinski definition) is 0. The average molecular weight is 246 g/mol. The first kappa shape index (κ1) is 12.5. The molecule has 0 aliphatic heterocycles. The van der Waals surface area contributed by atoms with Gasteiger partial charge in [-0.05, 0) is 26.0 Å². The molecule has 0 aliphatic rings. The van der Waals surface area contributed by atoms with Crippen LogP contribution in [0.2, 0.25) is 0 Å². The van der Waals surface area contributed by atoms with Crippen molar-refractivity contribution in [1.82, 2.24) is 9.78 Å². The first-order chi connectivity index (χ1) is 8.72. The van der Waals surface area contributed by atoms with Crippen LogP contribution in [0.3, 0.4) is 0 Å². The molecule has 1 heterocycles. The van der Waals surface area contributed by atoms with E-state index in [2.05, 4.69) is 18.9 Å². The first-order valence-electron chi connectivity index (χ1n) is 5.96. The van der Waals surface area contributed by atoms with E-state index in [0.29, 0.717) is 0 Å². The highest BCUT2D eigenvalue weighted by molar-refractivity contribution is 5.78. The third-order valence-electron chi connectivity index (χ3n) is 3.10. The second-order valence-electron chi connectivity index (χ2n) is 4.00. The summed E-state index contributed by atoms with van der Waals surface area (Å²) in [6.07, 6.45) is 1.86. The van der Waals surface area contributed by atoms with Crippen LogP contribution < -0.4 is 9.47 Å². The Labute approximate surface area is 107 Å². The summed E-state index contributed by atoms with van der Waals surface area (Å²) >= 11 is 0. The van der Waals surface area contributed by atoms with Gasteiger partial charge in [-0.25, -0.2) is 0 Å². The van der Waals surface area contributed by atoms with Crippen LogP contribution in [0.1, 0.15) is 12.6 Å². The molecule has 0 amide bonds. The van der Waals surface area contributed by atoms with E-state index in [-0.39, 0.29) is 0 Å². The largest absolute Gasteiger partial charge is 0.496 e. The molecule has 0 saturated heterocycles. The predicted molar refractivity (Wildman–Crippen MR) is 71.2 cm³/mol. The van der Waals surface area contributed by atoms with Crippen LogP contribution >= 0.6 is 0 Å². The Morgan fingerprint density at radius 3 is 2.22 bits per heavy atom. The zero-order valence-corrected chi connectivity index (χ0v) is 11.2. The minimum absolute atomic E-state index is 0.799. The molecule has 1 aromatic heterocycles. The van der Waals surface area contributed by atoms with Crippen molar-refractivity contribution in [1.29, 1.82) is 0 Å². The maximum Gasteiger partial charge on any atom is 0.130 e. The van der Waals surface area contributed by atoms with Crippen molar-refractivity contribution in [2.75, 3.05) is 14.2 Å². The number of hydrogen-bond acceptors (Lipinski definition) is 3. The van der Waals surface area contributed by atoms with Crippen molar-refractivity contribution in [3.8, 4) is 22.6 Å². The van der Waals surface area contributed by atoms with E-state index in [1.165, 1.54) is 0 Å².